The third-order valence-electron chi connectivity index (χ3n) is 21.5. The molecule has 0 heterocycles. The maximum absolute atomic E-state index is 13.6. The van der Waals surface area contributed by atoms with Gasteiger partial charge in [0.15, 0.2) is 0 Å². The number of hydrogen-bond acceptors (Lipinski definition) is 28. The summed E-state index contributed by atoms with van der Waals surface area (Å²) in [5.41, 5.74) is 15.7. The average molecular weight is 1780 g/mol. The minimum atomic E-state index is -1.76. The molecular formula is C97H100O24S4. The van der Waals surface area contributed by atoms with Crippen molar-refractivity contribution >= 4 is 119 Å². The summed E-state index contributed by atoms with van der Waals surface area (Å²) >= 11 is 4.18. The standard InChI is InChI=1S/C97H100O24S4/c98-85(114-53-81-73-29-9-1-21-65(73)66-22-2-10-30-74(66)81)37-17-45-110-89(102)41-49-122-57-93(106)118-61-97(62-119-94(107)58-123-50-42-90(103)111-46-18-38-86(99)115-54-82-75-31-11-3-23-67(75)68-24-4-12-32-76(68)82,63-120-95(108)59-124-51-43-91(104)112-47-19-39-87(100)116-55-83-77-33-13-5-25-69(77)70-26-6-14-34-78(70)83)64-121-96(109)60-125-52-44-92(105)113-48-20-40-88(101)117-56-84-79-35-15-7-27-71(79)72-28-8-16-36-80(72)84/h1-16,21-36,81-84H,17-20,37-64H2. The average Bonchev–Trinajstić information content (AvgIpc) is 1.64. The fraction of sp³-hybridized carbons (Fsp3) is 0.381. The van der Waals surface area contributed by atoms with E-state index < -0.39 is 103 Å². The summed E-state index contributed by atoms with van der Waals surface area (Å²) in [7, 11) is 0. The fourth-order valence-electron chi connectivity index (χ4n) is 15.2. The SMILES string of the molecule is O=C(CCSCC(=O)OCC(COC(=O)CSCCC(=O)OCCCC(=O)OCC1c2ccccc2-c2ccccc21)(COC(=O)CSCCC(=O)OCCCC(=O)OCC1c2ccccc2-c2ccccc21)COC(=O)CSCCC(=O)OCCCC(=O)OCC1c2ccccc2-c2ccccc21)OCCCC(=O)OCC1c2ccccc2-c2ccccc21. The Kier molecular flexibility index (Phi) is 35.9. The molecule has 0 amide bonds. The number of ether oxygens (including phenoxy) is 12. The second kappa shape index (κ2) is 48.3. The summed E-state index contributed by atoms with van der Waals surface area (Å²) in [5, 5.41) is 0. The molecule has 0 aliphatic heterocycles. The lowest BCUT2D eigenvalue weighted by molar-refractivity contribution is -0.167. The van der Waals surface area contributed by atoms with Gasteiger partial charge in [-0.3, -0.25) is 57.5 Å². The molecule has 0 fully saturated rings. The Balaban J connectivity index is 0.598. The number of esters is 12. The minimum Gasteiger partial charge on any atom is -0.466 e. The van der Waals surface area contributed by atoms with Gasteiger partial charge in [-0.15, -0.1) is 47.0 Å². The van der Waals surface area contributed by atoms with Gasteiger partial charge in [0.25, 0.3) is 0 Å². The molecule has 8 aromatic carbocycles. The Hall–Kier alpha value is -11.2. The molecule has 24 nitrogen and oxygen atoms in total. The highest BCUT2D eigenvalue weighted by Gasteiger charge is 2.39. The number of thioether (sulfide) groups is 4. The number of hydrogen-bond donors (Lipinski definition) is 0. The molecule has 656 valence electrons. The number of carbonyl (C=O) groups is 12. The van der Waals surface area contributed by atoms with Crippen LogP contribution in [0.5, 0.6) is 0 Å². The van der Waals surface area contributed by atoms with Crippen LogP contribution in [0, 0.1) is 5.41 Å². The van der Waals surface area contributed by atoms with E-state index in [1.165, 1.54) is 0 Å². The Bertz CT molecular complexity index is 4300. The van der Waals surface area contributed by atoms with Gasteiger partial charge in [0.2, 0.25) is 0 Å². The van der Waals surface area contributed by atoms with Gasteiger partial charge in [0.05, 0.1) is 75.1 Å². The summed E-state index contributed by atoms with van der Waals surface area (Å²) in [6.45, 7) is -2.12. The molecule has 0 spiro atoms. The van der Waals surface area contributed by atoms with Crippen molar-refractivity contribution in [3.8, 4) is 44.5 Å². The van der Waals surface area contributed by atoms with Gasteiger partial charge in [-0.2, -0.15) is 0 Å². The Morgan fingerprint density at radius 2 is 0.376 bits per heavy atom. The van der Waals surface area contributed by atoms with E-state index in [-0.39, 0.29) is 200 Å². The normalized spacial score (nSPS) is 12.6. The lowest BCUT2D eigenvalue weighted by Crippen LogP contribution is -2.44. The van der Waals surface area contributed by atoms with Gasteiger partial charge in [-0.05, 0) is 115 Å². The molecule has 0 saturated carbocycles. The molecule has 125 heavy (non-hydrogen) atoms. The van der Waals surface area contributed by atoms with Gasteiger partial charge in [0, 0.05) is 72.4 Å². The van der Waals surface area contributed by atoms with E-state index >= 15 is 0 Å². The minimum absolute atomic E-state index is 0.0185. The smallest absolute Gasteiger partial charge is 0.315 e. The first-order valence-corrected chi connectivity index (χ1v) is 46.5. The van der Waals surface area contributed by atoms with Gasteiger partial charge in [-0.1, -0.05) is 194 Å². The third kappa shape index (κ3) is 27.4. The molecule has 4 aliphatic rings. The van der Waals surface area contributed by atoms with Crippen molar-refractivity contribution in [1.29, 1.82) is 0 Å². The van der Waals surface area contributed by atoms with Crippen LogP contribution < -0.4 is 0 Å². The van der Waals surface area contributed by atoms with E-state index in [9.17, 15) is 57.5 Å². The first-order valence-electron chi connectivity index (χ1n) is 41.9. The predicted molar refractivity (Wildman–Crippen MR) is 474 cm³/mol. The van der Waals surface area contributed by atoms with Crippen LogP contribution in [0.4, 0.5) is 0 Å². The first-order chi connectivity index (χ1) is 61.0. The summed E-state index contributed by atoms with van der Waals surface area (Å²) in [4.78, 5) is 157. The number of fused-ring (bicyclic) bond motifs is 12. The van der Waals surface area contributed by atoms with E-state index in [1.54, 1.807) is 0 Å². The molecule has 8 aromatic rings. The van der Waals surface area contributed by atoms with Crippen LogP contribution >= 0.6 is 47.0 Å². The lowest BCUT2D eigenvalue weighted by Gasteiger charge is -2.31. The van der Waals surface area contributed by atoms with E-state index in [0.717, 1.165) is 136 Å². The zero-order valence-electron chi connectivity index (χ0n) is 69.3. The second-order valence-corrected chi connectivity index (χ2v) is 34.7. The number of benzene rings is 8. The van der Waals surface area contributed by atoms with Crippen molar-refractivity contribution in [2.24, 2.45) is 5.41 Å². The zero-order chi connectivity index (χ0) is 87.5. The Morgan fingerprint density at radius 1 is 0.208 bits per heavy atom. The largest absolute Gasteiger partial charge is 0.466 e. The van der Waals surface area contributed by atoms with Crippen LogP contribution in [0.3, 0.4) is 0 Å². The lowest BCUT2D eigenvalue weighted by atomic mass is 9.92. The molecular weight excluding hydrogens is 1680 g/mol. The van der Waals surface area contributed by atoms with Crippen LogP contribution in [0.2, 0.25) is 0 Å². The summed E-state index contributed by atoms with van der Waals surface area (Å²) in [6, 6.07) is 64.1. The zero-order valence-corrected chi connectivity index (χ0v) is 72.6. The number of rotatable bonds is 52. The second-order valence-electron chi connectivity index (χ2n) is 30.3. The van der Waals surface area contributed by atoms with Crippen LogP contribution in [-0.4, -0.2) is 197 Å². The van der Waals surface area contributed by atoms with E-state index in [4.69, 9.17) is 56.8 Å². The van der Waals surface area contributed by atoms with Crippen molar-refractivity contribution in [1.82, 2.24) is 0 Å². The maximum Gasteiger partial charge on any atom is 0.315 e. The van der Waals surface area contributed by atoms with Crippen LogP contribution in [0.25, 0.3) is 44.5 Å². The molecule has 0 bridgehead atoms. The molecule has 0 N–H and O–H groups in total. The van der Waals surface area contributed by atoms with E-state index in [2.05, 4.69) is 0 Å². The summed E-state index contributed by atoms with van der Waals surface area (Å²) in [5.74, 6) is -8.36. The Labute approximate surface area is 742 Å². The molecule has 0 radical (unpaired) electrons. The molecule has 4 aliphatic carbocycles. The van der Waals surface area contributed by atoms with Crippen molar-refractivity contribution in [3.63, 3.8) is 0 Å². The van der Waals surface area contributed by atoms with Crippen LogP contribution in [0.15, 0.2) is 194 Å². The molecule has 0 unspecified atom stereocenters. The van der Waals surface area contributed by atoms with E-state index in [1.807, 2.05) is 194 Å². The van der Waals surface area contributed by atoms with Crippen molar-refractivity contribution < 1.29 is 114 Å². The highest BCUT2D eigenvalue weighted by Crippen LogP contribution is 2.49. The molecule has 12 rings (SSSR count). The van der Waals surface area contributed by atoms with Crippen molar-refractivity contribution in [2.45, 2.75) is 101 Å². The van der Waals surface area contributed by atoms with Gasteiger partial charge < -0.3 is 56.8 Å². The highest BCUT2D eigenvalue weighted by atomic mass is 32.2. The van der Waals surface area contributed by atoms with E-state index in [0.29, 0.717) is 0 Å². The topological polar surface area (TPSA) is 316 Å². The molecule has 0 saturated heterocycles. The van der Waals surface area contributed by atoms with Gasteiger partial charge >= 0.3 is 71.6 Å². The highest BCUT2D eigenvalue weighted by molar-refractivity contribution is 8.00. The van der Waals surface area contributed by atoms with Gasteiger partial charge in [0.1, 0.15) is 58.3 Å². The summed E-state index contributed by atoms with van der Waals surface area (Å²) in [6.07, 6.45) is 0.543. The maximum atomic E-state index is 13.6. The molecule has 0 atom stereocenters. The number of carbonyl (C=O) groups excluding carboxylic acids is 12. The van der Waals surface area contributed by atoms with Crippen LogP contribution in [0.1, 0.15) is 145 Å². The summed E-state index contributed by atoms with van der Waals surface area (Å²) < 4.78 is 67.4. The predicted octanol–water partition coefficient (Wildman–Crippen LogP) is 15.4. The monoisotopic (exact) mass is 1780 g/mol. The van der Waals surface area contributed by atoms with Crippen molar-refractivity contribution in [3.05, 3.63) is 239 Å². The quantitative estimate of drug-likeness (QED) is 0.0194. The first kappa shape index (κ1) is 93.0. The third-order valence-corrected chi connectivity index (χ3v) is 25.2. The Morgan fingerprint density at radius 3 is 0.560 bits per heavy atom. The van der Waals surface area contributed by atoms with Crippen LogP contribution in [-0.2, 0) is 114 Å². The van der Waals surface area contributed by atoms with Gasteiger partial charge in [-0.25, -0.2) is 0 Å². The fourth-order valence-corrected chi connectivity index (χ4v) is 18.1. The van der Waals surface area contributed by atoms with Crippen molar-refractivity contribution in [2.75, 3.05) is 125 Å². The molecule has 0 aromatic heterocycles. The molecule has 28 heteroatoms.